The van der Waals surface area contributed by atoms with Crippen molar-refractivity contribution in [1.29, 1.82) is 0 Å². The number of aromatic nitrogens is 1. The predicted octanol–water partition coefficient (Wildman–Crippen LogP) is 1.94. The van der Waals surface area contributed by atoms with Gasteiger partial charge in [0.1, 0.15) is 0 Å². The second-order valence-corrected chi connectivity index (χ2v) is 6.20. The molecule has 0 spiro atoms. The van der Waals surface area contributed by atoms with Crippen molar-refractivity contribution in [1.82, 2.24) is 15.2 Å². The minimum atomic E-state index is -0.0153. The van der Waals surface area contributed by atoms with E-state index in [1.807, 2.05) is 17.2 Å². The number of aryl methyl sites for hydroxylation is 1. The van der Waals surface area contributed by atoms with Crippen LogP contribution in [0.5, 0.6) is 0 Å². The van der Waals surface area contributed by atoms with Crippen LogP contribution < -0.4 is 5.32 Å². The van der Waals surface area contributed by atoms with E-state index in [9.17, 15) is 4.79 Å². The first-order valence-electron chi connectivity index (χ1n) is 6.52. The molecule has 1 N–H and O–H groups in total. The molecule has 1 aromatic rings. The fourth-order valence-electron chi connectivity index (χ4n) is 2.33. The number of nitrogens with zero attached hydrogens (tertiary/aromatic N) is 2. The molecule has 1 fully saturated rings. The molecule has 1 atom stereocenters. The van der Waals surface area contributed by atoms with Crippen molar-refractivity contribution in [3.8, 4) is 0 Å². The first-order valence-corrected chi connectivity index (χ1v) is 7.40. The molecule has 1 saturated heterocycles. The molecule has 1 aromatic heterocycles. The highest BCUT2D eigenvalue weighted by molar-refractivity contribution is 7.09. The monoisotopic (exact) mass is 267 g/mol. The molecule has 1 unspecified atom stereocenters. The molecule has 1 aliphatic rings. The summed E-state index contributed by atoms with van der Waals surface area (Å²) in [5.74, 6) is 0.223. The number of hydrogen-bond donors (Lipinski definition) is 1. The third kappa shape index (κ3) is 3.29. The van der Waals surface area contributed by atoms with Crippen LogP contribution in [-0.2, 0) is 11.3 Å². The molecule has 4 nitrogen and oxygen atoms in total. The van der Waals surface area contributed by atoms with Gasteiger partial charge in [-0.2, -0.15) is 0 Å². The first-order chi connectivity index (χ1) is 8.56. The van der Waals surface area contributed by atoms with E-state index in [4.69, 9.17) is 0 Å². The third-order valence-corrected chi connectivity index (χ3v) is 3.91. The third-order valence-electron chi connectivity index (χ3n) is 3.08. The lowest BCUT2D eigenvalue weighted by molar-refractivity contribution is -0.136. The number of amides is 1. The van der Waals surface area contributed by atoms with Gasteiger partial charge in [-0.3, -0.25) is 4.79 Å². The van der Waals surface area contributed by atoms with Gasteiger partial charge >= 0.3 is 0 Å². The zero-order valence-corrected chi connectivity index (χ0v) is 12.1. The molecular formula is C13H21N3OS. The second kappa shape index (κ2) is 5.80. The van der Waals surface area contributed by atoms with Gasteiger partial charge in [0.2, 0.25) is 5.91 Å². The van der Waals surface area contributed by atoms with Gasteiger partial charge in [-0.05, 0) is 19.8 Å². The van der Waals surface area contributed by atoms with E-state index in [1.165, 1.54) is 0 Å². The number of nitrogens with one attached hydrogen (secondary N) is 1. The van der Waals surface area contributed by atoms with Gasteiger partial charge in [0.25, 0.3) is 0 Å². The second-order valence-electron chi connectivity index (χ2n) is 5.13. The number of piperidine rings is 1. The Bertz CT molecular complexity index is 416. The Hall–Kier alpha value is -0.940. The number of thiazole rings is 1. The van der Waals surface area contributed by atoms with Crippen molar-refractivity contribution in [3.63, 3.8) is 0 Å². The highest BCUT2D eigenvalue weighted by Gasteiger charge is 2.29. The average Bonchev–Trinajstić information content (AvgIpc) is 2.69. The van der Waals surface area contributed by atoms with Gasteiger partial charge < -0.3 is 10.2 Å². The predicted molar refractivity (Wildman–Crippen MR) is 73.6 cm³/mol. The van der Waals surface area contributed by atoms with E-state index < -0.39 is 0 Å². The van der Waals surface area contributed by atoms with Crippen LogP contribution in [0.2, 0.25) is 0 Å². The first kappa shape index (κ1) is 13.5. The van der Waals surface area contributed by atoms with Crippen molar-refractivity contribution >= 4 is 17.2 Å². The quantitative estimate of drug-likeness (QED) is 0.907. The molecule has 0 aliphatic carbocycles. The molecule has 18 heavy (non-hydrogen) atoms. The Morgan fingerprint density at radius 1 is 1.61 bits per heavy atom. The summed E-state index contributed by atoms with van der Waals surface area (Å²) in [6.07, 6.45) is 2.02. The summed E-state index contributed by atoms with van der Waals surface area (Å²) < 4.78 is 0. The van der Waals surface area contributed by atoms with E-state index >= 15 is 0 Å². The van der Waals surface area contributed by atoms with Gasteiger partial charge in [0.05, 0.1) is 23.3 Å². The Kier molecular flexibility index (Phi) is 4.35. The van der Waals surface area contributed by atoms with Crippen molar-refractivity contribution in [3.05, 3.63) is 16.1 Å². The van der Waals surface area contributed by atoms with Gasteiger partial charge in [-0.15, -0.1) is 11.3 Å². The molecule has 1 amide bonds. The summed E-state index contributed by atoms with van der Waals surface area (Å²) in [7, 11) is 0. The topological polar surface area (TPSA) is 45.2 Å². The molecule has 100 valence electrons. The summed E-state index contributed by atoms with van der Waals surface area (Å²) in [4.78, 5) is 18.7. The summed E-state index contributed by atoms with van der Waals surface area (Å²) >= 11 is 1.64. The average molecular weight is 267 g/mol. The maximum Gasteiger partial charge on any atom is 0.240 e. The molecule has 1 aliphatic heterocycles. The highest BCUT2D eigenvalue weighted by Crippen LogP contribution is 2.17. The molecule has 0 bridgehead atoms. The summed E-state index contributed by atoms with van der Waals surface area (Å²) in [5.41, 5.74) is 1.01. The number of hydrogen-bond acceptors (Lipinski definition) is 4. The van der Waals surface area contributed by atoms with Crippen molar-refractivity contribution < 1.29 is 4.79 Å². The Balaban J connectivity index is 1.98. The largest absolute Gasteiger partial charge is 0.335 e. The minimum absolute atomic E-state index is 0.0153. The zero-order chi connectivity index (χ0) is 13.1. The normalized spacial score (nSPS) is 20.8. The van der Waals surface area contributed by atoms with Crippen LogP contribution in [0.4, 0.5) is 0 Å². The fourth-order valence-corrected chi connectivity index (χ4v) is 2.93. The van der Waals surface area contributed by atoms with Crippen LogP contribution in [0.1, 0.15) is 37.4 Å². The summed E-state index contributed by atoms with van der Waals surface area (Å²) in [5, 5.41) is 6.45. The van der Waals surface area contributed by atoms with E-state index in [2.05, 4.69) is 24.1 Å². The van der Waals surface area contributed by atoms with Crippen molar-refractivity contribution in [2.24, 2.45) is 0 Å². The Morgan fingerprint density at radius 3 is 3.00 bits per heavy atom. The van der Waals surface area contributed by atoms with Crippen LogP contribution in [-0.4, -0.2) is 34.4 Å². The maximum atomic E-state index is 12.3. The smallest absolute Gasteiger partial charge is 0.240 e. The lowest BCUT2D eigenvalue weighted by atomic mass is 10.0. The lowest BCUT2D eigenvalue weighted by Crippen LogP contribution is -2.52. The van der Waals surface area contributed by atoms with Crippen LogP contribution in [0.25, 0.3) is 0 Å². The van der Waals surface area contributed by atoms with E-state index in [0.717, 1.165) is 30.1 Å². The standard InChI is InChI=1S/C13H21N3OS/c1-9(2)14-12-5-4-6-16(13(12)17)7-11-8-18-10(3)15-11/h8-9,12,14H,4-7H2,1-3H3. The molecule has 0 radical (unpaired) electrons. The van der Waals surface area contributed by atoms with Crippen LogP contribution in [0.15, 0.2) is 5.38 Å². The number of likely N-dealkylation sites (tertiary alicyclic amines) is 1. The van der Waals surface area contributed by atoms with Crippen molar-refractivity contribution in [2.75, 3.05) is 6.54 Å². The number of carbonyl (C=O) groups is 1. The molecule has 0 saturated carbocycles. The maximum absolute atomic E-state index is 12.3. The minimum Gasteiger partial charge on any atom is -0.335 e. The fraction of sp³-hybridized carbons (Fsp3) is 0.692. The zero-order valence-electron chi connectivity index (χ0n) is 11.3. The van der Waals surface area contributed by atoms with E-state index in [1.54, 1.807) is 11.3 Å². The van der Waals surface area contributed by atoms with Gasteiger partial charge in [-0.1, -0.05) is 13.8 Å². The molecule has 5 heteroatoms. The molecule has 0 aromatic carbocycles. The molecule has 2 rings (SSSR count). The van der Waals surface area contributed by atoms with Crippen LogP contribution >= 0.6 is 11.3 Å². The Morgan fingerprint density at radius 2 is 2.39 bits per heavy atom. The number of carbonyl (C=O) groups excluding carboxylic acids is 1. The van der Waals surface area contributed by atoms with E-state index in [-0.39, 0.29) is 11.9 Å². The highest BCUT2D eigenvalue weighted by atomic mass is 32.1. The van der Waals surface area contributed by atoms with Gasteiger partial charge in [-0.25, -0.2) is 4.98 Å². The Labute approximate surface area is 112 Å². The van der Waals surface area contributed by atoms with Crippen molar-refractivity contribution in [2.45, 2.75) is 52.2 Å². The van der Waals surface area contributed by atoms with Crippen LogP contribution in [0, 0.1) is 6.92 Å². The van der Waals surface area contributed by atoms with E-state index in [0.29, 0.717) is 12.6 Å². The molecule has 2 heterocycles. The van der Waals surface area contributed by atoms with Gasteiger partial charge in [0.15, 0.2) is 0 Å². The lowest BCUT2D eigenvalue weighted by Gasteiger charge is -2.33. The van der Waals surface area contributed by atoms with Crippen LogP contribution in [0.3, 0.4) is 0 Å². The summed E-state index contributed by atoms with van der Waals surface area (Å²) in [6, 6.07) is 0.332. The molecular weight excluding hydrogens is 246 g/mol. The number of rotatable bonds is 4. The SMILES string of the molecule is Cc1nc(CN2CCCC(NC(C)C)C2=O)cs1. The summed E-state index contributed by atoms with van der Waals surface area (Å²) in [6.45, 7) is 7.66. The van der Waals surface area contributed by atoms with Gasteiger partial charge in [0, 0.05) is 18.0 Å².